The van der Waals surface area contributed by atoms with Crippen molar-refractivity contribution in [2.24, 2.45) is 0 Å². The summed E-state index contributed by atoms with van der Waals surface area (Å²) in [6.45, 7) is 14.7. The summed E-state index contributed by atoms with van der Waals surface area (Å²) in [5, 5.41) is 9.16. The number of carbonyl (C=O) groups is 2. The Balaban J connectivity index is 1.10. The number of rotatable bonds is 5. The van der Waals surface area contributed by atoms with Crippen LogP contribution in [0, 0.1) is 0 Å². The molecule has 2 atom stereocenters. The van der Waals surface area contributed by atoms with Gasteiger partial charge in [0, 0.05) is 24.2 Å². The second kappa shape index (κ2) is 12.4. The van der Waals surface area contributed by atoms with Gasteiger partial charge in [-0.3, -0.25) is 9.80 Å². The fourth-order valence-electron chi connectivity index (χ4n) is 7.21. The zero-order valence-corrected chi connectivity index (χ0v) is 30.0. The van der Waals surface area contributed by atoms with Crippen LogP contribution >= 0.6 is 0 Å². The van der Waals surface area contributed by atoms with Crippen molar-refractivity contribution in [1.29, 1.82) is 0 Å². The number of nitrogens with one attached hydrogen (secondary N) is 2. The predicted octanol–water partition coefficient (Wildman–Crippen LogP) is 8.27. The van der Waals surface area contributed by atoms with Crippen molar-refractivity contribution in [2.45, 2.75) is 103 Å². The van der Waals surface area contributed by atoms with Gasteiger partial charge in [-0.25, -0.2) is 19.6 Å². The van der Waals surface area contributed by atoms with Crippen LogP contribution in [0.1, 0.15) is 98.3 Å². The molecule has 0 radical (unpaired) electrons. The Morgan fingerprint density at radius 3 is 2.00 bits per heavy atom. The number of fused-ring (bicyclic) bond motifs is 2. The van der Waals surface area contributed by atoms with Gasteiger partial charge in [0.05, 0.1) is 39.5 Å². The first-order chi connectivity index (χ1) is 23.7. The number of imidazole rings is 2. The molecule has 12 nitrogen and oxygen atoms in total. The minimum absolute atomic E-state index is 0.155. The Morgan fingerprint density at radius 2 is 1.40 bits per heavy atom. The smallest absolute Gasteiger partial charge is 0.411 e. The van der Waals surface area contributed by atoms with Crippen molar-refractivity contribution < 1.29 is 19.1 Å². The highest BCUT2D eigenvalue weighted by Gasteiger charge is 2.47. The van der Waals surface area contributed by atoms with E-state index in [2.05, 4.69) is 27.1 Å². The molecule has 2 N–H and O–H groups in total. The van der Waals surface area contributed by atoms with Crippen LogP contribution in [0.4, 0.5) is 9.59 Å². The number of carbonyl (C=O) groups excluding carboxylic acids is 2. The topological polar surface area (TPSA) is 142 Å². The number of hydrogen-bond acceptors (Lipinski definition) is 8. The quantitative estimate of drug-likeness (QED) is 0.189. The van der Waals surface area contributed by atoms with E-state index in [9.17, 15) is 9.59 Å². The van der Waals surface area contributed by atoms with Gasteiger partial charge in [0.15, 0.2) is 0 Å². The molecular formula is C38H46N8O4. The molecule has 0 spiro atoms. The van der Waals surface area contributed by atoms with Crippen LogP contribution in [-0.4, -0.2) is 76.4 Å². The highest BCUT2D eigenvalue weighted by Crippen LogP contribution is 2.42. The number of nitrogens with zero attached hydrogens (tertiary/aromatic N) is 6. The standard InChI is InChI=1S/C38H46N8O4/c1-8-38(18-10-20-46(38)35(48)50-37(5,6)7)33-41-28-15-13-24(22-30(28)42-33)26-17-16-25(43-44-26)23-12-14-27-29(21-23)40-32(39-27)31-11-9-19-45(31)34(47)49-36(2,3)4/h12-17,21-22,31H,8-11,18-20H2,1-7H3,(H,39,40)(H,41,42). The van der Waals surface area contributed by atoms with Gasteiger partial charge < -0.3 is 19.4 Å². The van der Waals surface area contributed by atoms with E-state index in [1.54, 1.807) is 4.90 Å². The van der Waals surface area contributed by atoms with Gasteiger partial charge in [-0.1, -0.05) is 19.1 Å². The van der Waals surface area contributed by atoms with Gasteiger partial charge >= 0.3 is 12.2 Å². The van der Waals surface area contributed by atoms with E-state index >= 15 is 0 Å². The number of aromatic nitrogens is 6. The molecule has 12 heteroatoms. The summed E-state index contributed by atoms with van der Waals surface area (Å²) in [6, 6.07) is 15.8. The molecule has 5 aromatic rings. The van der Waals surface area contributed by atoms with Crippen molar-refractivity contribution in [3.63, 3.8) is 0 Å². The molecule has 50 heavy (non-hydrogen) atoms. The van der Waals surface area contributed by atoms with Crippen LogP contribution in [0.15, 0.2) is 48.5 Å². The largest absolute Gasteiger partial charge is 0.444 e. The summed E-state index contributed by atoms with van der Waals surface area (Å²) in [4.78, 5) is 46.5. The van der Waals surface area contributed by atoms with Gasteiger partial charge in [0.25, 0.3) is 0 Å². The number of H-pyrrole nitrogens is 2. The third kappa shape index (κ3) is 6.38. The summed E-state index contributed by atoms with van der Waals surface area (Å²) in [5.41, 5.74) is 5.02. The molecule has 2 aliphatic rings. The molecule has 7 rings (SSSR count). The molecule has 2 amide bonds. The maximum absolute atomic E-state index is 13.2. The van der Waals surface area contributed by atoms with E-state index in [1.807, 2.05) is 95.0 Å². The van der Waals surface area contributed by atoms with Crippen LogP contribution in [0.25, 0.3) is 44.6 Å². The highest BCUT2D eigenvalue weighted by molar-refractivity contribution is 5.83. The van der Waals surface area contributed by atoms with Crippen LogP contribution < -0.4 is 0 Å². The number of aromatic amines is 2. The molecule has 0 aliphatic carbocycles. The first-order valence-electron chi connectivity index (χ1n) is 17.6. The second-order valence-corrected chi connectivity index (χ2v) is 15.4. The van der Waals surface area contributed by atoms with E-state index in [0.717, 1.165) is 88.3 Å². The minimum Gasteiger partial charge on any atom is -0.444 e. The van der Waals surface area contributed by atoms with Crippen LogP contribution in [0.3, 0.4) is 0 Å². The molecule has 2 saturated heterocycles. The van der Waals surface area contributed by atoms with Crippen molar-refractivity contribution in [3.8, 4) is 22.5 Å². The Labute approximate surface area is 292 Å². The third-order valence-electron chi connectivity index (χ3n) is 9.56. The van der Waals surface area contributed by atoms with E-state index in [-0.39, 0.29) is 18.2 Å². The average Bonchev–Trinajstić information content (AvgIpc) is 3.87. The van der Waals surface area contributed by atoms with Crippen molar-refractivity contribution >= 4 is 34.3 Å². The lowest BCUT2D eigenvalue weighted by molar-refractivity contribution is 0.00446. The summed E-state index contributed by atoms with van der Waals surface area (Å²) in [6.07, 6.45) is 3.54. The molecule has 2 fully saturated rings. The third-order valence-corrected chi connectivity index (χ3v) is 9.56. The van der Waals surface area contributed by atoms with E-state index < -0.39 is 16.7 Å². The van der Waals surface area contributed by atoms with Crippen LogP contribution in [0.5, 0.6) is 0 Å². The summed E-state index contributed by atoms with van der Waals surface area (Å²) in [5.74, 6) is 1.54. The summed E-state index contributed by atoms with van der Waals surface area (Å²) < 4.78 is 11.4. The molecule has 2 aromatic carbocycles. The van der Waals surface area contributed by atoms with Crippen LogP contribution in [0.2, 0.25) is 0 Å². The van der Waals surface area contributed by atoms with Gasteiger partial charge in [0.2, 0.25) is 0 Å². The summed E-state index contributed by atoms with van der Waals surface area (Å²) >= 11 is 0. The molecule has 5 heterocycles. The molecular weight excluding hydrogens is 632 g/mol. The number of hydrogen-bond donors (Lipinski definition) is 2. The fraction of sp³-hybridized carbons (Fsp3) is 0.474. The first kappa shape index (κ1) is 33.5. The minimum atomic E-state index is -0.573. The first-order valence-corrected chi connectivity index (χ1v) is 17.6. The Kier molecular flexibility index (Phi) is 8.31. The molecule has 2 aliphatic heterocycles. The normalized spacial score (nSPS) is 19.9. The van der Waals surface area contributed by atoms with Gasteiger partial charge in [0.1, 0.15) is 28.4 Å². The SMILES string of the molecule is CCC1(c2nc3ccc(-c4ccc(-c5ccc6nc(C7CCCN7C(=O)OC(C)(C)C)[nH]c6c5)nn4)cc3[nH]2)CCCN1C(=O)OC(C)(C)C. The van der Waals surface area contributed by atoms with E-state index in [1.165, 1.54) is 0 Å². The molecule has 3 aromatic heterocycles. The lowest BCUT2D eigenvalue weighted by Crippen LogP contribution is -2.47. The van der Waals surface area contributed by atoms with E-state index in [4.69, 9.17) is 19.4 Å². The lowest BCUT2D eigenvalue weighted by atomic mass is 9.92. The van der Waals surface area contributed by atoms with Crippen molar-refractivity contribution in [3.05, 3.63) is 60.2 Å². The average molecular weight is 679 g/mol. The Hall–Kier alpha value is -5.00. The molecule has 0 saturated carbocycles. The molecule has 262 valence electrons. The number of amides is 2. The summed E-state index contributed by atoms with van der Waals surface area (Å²) in [7, 11) is 0. The Morgan fingerprint density at radius 1 is 0.800 bits per heavy atom. The second-order valence-electron chi connectivity index (χ2n) is 15.4. The van der Waals surface area contributed by atoms with Gasteiger partial charge in [-0.05, 0) is 110 Å². The van der Waals surface area contributed by atoms with E-state index in [0.29, 0.717) is 13.1 Å². The maximum atomic E-state index is 13.2. The monoisotopic (exact) mass is 678 g/mol. The fourth-order valence-corrected chi connectivity index (χ4v) is 7.21. The number of ether oxygens (including phenoxy) is 2. The van der Waals surface area contributed by atoms with Crippen LogP contribution in [-0.2, 0) is 15.0 Å². The number of likely N-dealkylation sites (tertiary alicyclic amines) is 2. The highest BCUT2D eigenvalue weighted by atomic mass is 16.6. The molecule has 2 unspecified atom stereocenters. The molecule has 0 bridgehead atoms. The Bertz CT molecular complexity index is 2060. The van der Waals surface area contributed by atoms with Crippen molar-refractivity contribution in [2.75, 3.05) is 13.1 Å². The maximum Gasteiger partial charge on any atom is 0.411 e. The predicted molar refractivity (Wildman–Crippen MR) is 191 cm³/mol. The zero-order chi connectivity index (χ0) is 35.4. The number of benzene rings is 2. The zero-order valence-electron chi connectivity index (χ0n) is 30.0. The van der Waals surface area contributed by atoms with Crippen molar-refractivity contribution in [1.82, 2.24) is 39.9 Å². The van der Waals surface area contributed by atoms with Gasteiger partial charge in [-0.2, -0.15) is 0 Å². The van der Waals surface area contributed by atoms with Gasteiger partial charge in [-0.15, -0.1) is 10.2 Å². The lowest BCUT2D eigenvalue weighted by Gasteiger charge is -2.37.